The highest BCUT2D eigenvalue weighted by atomic mass is 127. The van der Waals surface area contributed by atoms with Crippen molar-refractivity contribution in [1.29, 1.82) is 0 Å². The third-order valence-electron chi connectivity index (χ3n) is 2.07. The van der Waals surface area contributed by atoms with Crippen LogP contribution in [0.25, 0.3) is 0 Å². The van der Waals surface area contributed by atoms with Crippen molar-refractivity contribution in [2.75, 3.05) is 13.2 Å². The number of aryl methyl sites for hydroxylation is 1. The molecule has 0 bridgehead atoms. The van der Waals surface area contributed by atoms with Gasteiger partial charge in [-0.2, -0.15) is 5.10 Å². The summed E-state index contributed by atoms with van der Waals surface area (Å²) >= 11 is 2.06. The number of fused-ring (bicyclic) bond motifs is 1. The molecule has 1 aromatic rings. The summed E-state index contributed by atoms with van der Waals surface area (Å²) in [5, 5.41) is 4.18. The molecule has 0 unspecified atom stereocenters. The standard InChI is InChI=1S/C9H11IN2O3/c1-2-14-9(13)7-6(10)8-12(11-7)4-3-5-15-8/h2-5H2,1H3. The molecular weight excluding hydrogens is 311 g/mol. The Morgan fingerprint density at radius 3 is 3.20 bits per heavy atom. The summed E-state index contributed by atoms with van der Waals surface area (Å²) in [4.78, 5) is 11.5. The second kappa shape index (κ2) is 4.38. The van der Waals surface area contributed by atoms with Gasteiger partial charge in [-0.05, 0) is 29.5 Å². The van der Waals surface area contributed by atoms with Crippen LogP contribution in [0.2, 0.25) is 0 Å². The molecule has 1 aliphatic rings. The lowest BCUT2D eigenvalue weighted by Crippen LogP contribution is -2.15. The number of hydrogen-bond acceptors (Lipinski definition) is 4. The molecule has 0 radical (unpaired) electrons. The Hall–Kier alpha value is -0.790. The smallest absolute Gasteiger partial charge is 0.360 e. The van der Waals surface area contributed by atoms with Crippen LogP contribution >= 0.6 is 22.6 Å². The van der Waals surface area contributed by atoms with E-state index in [9.17, 15) is 4.79 Å². The first-order valence-electron chi connectivity index (χ1n) is 4.80. The largest absolute Gasteiger partial charge is 0.477 e. The number of carbonyl (C=O) groups is 1. The fraction of sp³-hybridized carbons (Fsp3) is 0.556. The van der Waals surface area contributed by atoms with Gasteiger partial charge in [0, 0.05) is 13.0 Å². The number of rotatable bonds is 2. The summed E-state index contributed by atoms with van der Waals surface area (Å²) in [7, 11) is 0. The Morgan fingerprint density at radius 2 is 2.53 bits per heavy atom. The molecule has 0 saturated heterocycles. The van der Waals surface area contributed by atoms with Crippen LogP contribution in [0.3, 0.4) is 0 Å². The van der Waals surface area contributed by atoms with Gasteiger partial charge in [0.05, 0.1) is 13.2 Å². The van der Waals surface area contributed by atoms with E-state index in [2.05, 4.69) is 27.7 Å². The van der Waals surface area contributed by atoms with E-state index >= 15 is 0 Å². The minimum Gasteiger partial charge on any atom is -0.477 e. The molecule has 1 aliphatic heterocycles. The molecule has 6 heteroatoms. The van der Waals surface area contributed by atoms with E-state index in [4.69, 9.17) is 9.47 Å². The molecule has 0 amide bonds. The van der Waals surface area contributed by atoms with Gasteiger partial charge in [0.15, 0.2) is 5.69 Å². The van der Waals surface area contributed by atoms with Crippen LogP contribution < -0.4 is 4.74 Å². The molecule has 0 saturated carbocycles. The van der Waals surface area contributed by atoms with E-state index in [-0.39, 0.29) is 5.97 Å². The van der Waals surface area contributed by atoms with Gasteiger partial charge < -0.3 is 9.47 Å². The van der Waals surface area contributed by atoms with Gasteiger partial charge >= 0.3 is 5.97 Å². The molecule has 0 aromatic carbocycles. The monoisotopic (exact) mass is 322 g/mol. The number of carbonyl (C=O) groups excluding carboxylic acids is 1. The van der Waals surface area contributed by atoms with Crippen molar-refractivity contribution in [1.82, 2.24) is 9.78 Å². The number of hydrogen-bond donors (Lipinski definition) is 0. The Labute approximate surface area is 101 Å². The minimum absolute atomic E-state index is 0.356. The first-order chi connectivity index (χ1) is 7.24. The predicted molar refractivity (Wildman–Crippen MR) is 61.0 cm³/mol. The van der Waals surface area contributed by atoms with Crippen LogP contribution in [0.4, 0.5) is 0 Å². The van der Waals surface area contributed by atoms with Gasteiger partial charge in [-0.1, -0.05) is 0 Å². The molecule has 15 heavy (non-hydrogen) atoms. The summed E-state index contributed by atoms with van der Waals surface area (Å²) in [6.45, 7) is 3.62. The van der Waals surface area contributed by atoms with Crippen molar-refractivity contribution in [3.05, 3.63) is 9.26 Å². The molecule has 0 atom stereocenters. The van der Waals surface area contributed by atoms with Crippen LogP contribution in [0.15, 0.2) is 0 Å². The van der Waals surface area contributed by atoms with Crippen molar-refractivity contribution in [3.8, 4) is 5.88 Å². The Bertz CT molecular complexity index is 389. The number of nitrogens with zero attached hydrogens (tertiary/aromatic N) is 2. The van der Waals surface area contributed by atoms with Crippen LogP contribution in [0, 0.1) is 3.57 Å². The first-order valence-corrected chi connectivity index (χ1v) is 5.88. The lowest BCUT2D eigenvalue weighted by Gasteiger charge is -2.14. The molecule has 5 nitrogen and oxygen atoms in total. The van der Waals surface area contributed by atoms with Crippen LogP contribution in [-0.2, 0) is 11.3 Å². The Kier molecular flexibility index (Phi) is 3.13. The van der Waals surface area contributed by atoms with E-state index in [1.165, 1.54) is 0 Å². The molecule has 0 spiro atoms. The maximum atomic E-state index is 11.5. The highest BCUT2D eigenvalue weighted by molar-refractivity contribution is 14.1. The first kappa shape index (κ1) is 10.7. The predicted octanol–water partition coefficient (Wildman–Crippen LogP) is 1.45. The summed E-state index contributed by atoms with van der Waals surface area (Å²) in [6, 6.07) is 0. The second-order valence-electron chi connectivity index (χ2n) is 3.11. The summed E-state index contributed by atoms with van der Waals surface area (Å²) in [6.07, 6.45) is 0.924. The molecule has 0 aliphatic carbocycles. The van der Waals surface area contributed by atoms with Gasteiger partial charge in [0.1, 0.15) is 3.57 Å². The van der Waals surface area contributed by atoms with Gasteiger partial charge in [0.2, 0.25) is 5.88 Å². The van der Waals surface area contributed by atoms with E-state index < -0.39 is 0 Å². The molecule has 0 N–H and O–H groups in total. The average Bonchev–Trinajstić information content (AvgIpc) is 2.57. The molecule has 2 rings (SSSR count). The zero-order valence-corrected chi connectivity index (χ0v) is 10.5. The van der Waals surface area contributed by atoms with E-state index in [0.717, 1.165) is 16.5 Å². The molecular formula is C9H11IN2O3. The van der Waals surface area contributed by atoms with Crippen molar-refractivity contribution < 1.29 is 14.3 Å². The van der Waals surface area contributed by atoms with Gasteiger partial charge in [0.25, 0.3) is 0 Å². The lowest BCUT2D eigenvalue weighted by atomic mass is 10.4. The molecule has 2 heterocycles. The SMILES string of the molecule is CCOC(=O)c1nn2c(c1I)OCCC2. The van der Waals surface area contributed by atoms with Crippen molar-refractivity contribution in [3.63, 3.8) is 0 Å². The molecule has 82 valence electrons. The fourth-order valence-electron chi connectivity index (χ4n) is 1.43. The van der Waals surface area contributed by atoms with Gasteiger partial charge in [-0.25, -0.2) is 9.48 Å². The van der Waals surface area contributed by atoms with Crippen molar-refractivity contribution >= 4 is 28.6 Å². The zero-order valence-electron chi connectivity index (χ0n) is 8.33. The van der Waals surface area contributed by atoms with Gasteiger partial charge in [-0.3, -0.25) is 0 Å². The van der Waals surface area contributed by atoms with Crippen LogP contribution in [0.1, 0.15) is 23.8 Å². The van der Waals surface area contributed by atoms with Crippen molar-refractivity contribution in [2.24, 2.45) is 0 Å². The van der Waals surface area contributed by atoms with Crippen LogP contribution in [0.5, 0.6) is 5.88 Å². The lowest BCUT2D eigenvalue weighted by molar-refractivity contribution is 0.0517. The third kappa shape index (κ3) is 1.95. The number of aromatic nitrogens is 2. The molecule has 1 aromatic heterocycles. The molecule has 0 fully saturated rings. The Balaban J connectivity index is 2.32. The van der Waals surface area contributed by atoms with Crippen molar-refractivity contribution in [2.45, 2.75) is 19.9 Å². The third-order valence-corrected chi connectivity index (χ3v) is 3.04. The fourth-order valence-corrected chi connectivity index (χ4v) is 2.19. The van der Waals surface area contributed by atoms with E-state index in [1.54, 1.807) is 11.6 Å². The maximum absolute atomic E-state index is 11.5. The van der Waals surface area contributed by atoms with Gasteiger partial charge in [-0.15, -0.1) is 0 Å². The topological polar surface area (TPSA) is 53.3 Å². The Morgan fingerprint density at radius 1 is 1.73 bits per heavy atom. The highest BCUT2D eigenvalue weighted by Gasteiger charge is 2.25. The average molecular weight is 322 g/mol. The zero-order chi connectivity index (χ0) is 10.8. The van der Waals surface area contributed by atoms with E-state index in [0.29, 0.717) is 24.8 Å². The van der Waals surface area contributed by atoms with E-state index in [1.807, 2.05) is 0 Å². The maximum Gasteiger partial charge on any atom is 0.360 e. The second-order valence-corrected chi connectivity index (χ2v) is 4.19. The highest BCUT2D eigenvalue weighted by Crippen LogP contribution is 2.27. The summed E-state index contributed by atoms with van der Waals surface area (Å²) < 4.78 is 12.8. The number of halogens is 1. The quantitative estimate of drug-likeness (QED) is 0.611. The normalized spacial score (nSPS) is 14.3. The minimum atomic E-state index is -0.382. The number of esters is 1. The van der Waals surface area contributed by atoms with Crippen LogP contribution in [-0.4, -0.2) is 29.0 Å². The number of ether oxygens (including phenoxy) is 2. The summed E-state index contributed by atoms with van der Waals surface area (Å²) in [5.74, 6) is 0.303. The summed E-state index contributed by atoms with van der Waals surface area (Å²) in [5.41, 5.74) is 0.356.